The largest absolute Gasteiger partial charge is 0.280 e. The number of anilines is 1. The third-order valence-electron chi connectivity index (χ3n) is 3.30. The van der Waals surface area contributed by atoms with Crippen molar-refractivity contribution in [1.82, 2.24) is 0 Å². The molecule has 0 amide bonds. The summed E-state index contributed by atoms with van der Waals surface area (Å²) >= 11 is 0. The van der Waals surface area contributed by atoms with Gasteiger partial charge in [0, 0.05) is 5.69 Å². The SMILES string of the molecule is CCC1=C(S(=O)(=O)Nc2ccccc2)CCCC1. The number of nitrogens with one attached hydrogen (secondary N) is 1. The predicted molar refractivity (Wildman–Crippen MR) is 74.8 cm³/mol. The van der Waals surface area contributed by atoms with Gasteiger partial charge in [-0.2, -0.15) is 0 Å². The minimum atomic E-state index is -3.37. The molecule has 0 spiro atoms. The van der Waals surface area contributed by atoms with Crippen molar-refractivity contribution in [3.63, 3.8) is 0 Å². The van der Waals surface area contributed by atoms with Gasteiger partial charge in [0.25, 0.3) is 10.0 Å². The van der Waals surface area contributed by atoms with Crippen molar-refractivity contribution in [2.45, 2.75) is 39.0 Å². The molecule has 0 aliphatic heterocycles. The Morgan fingerprint density at radius 1 is 1.11 bits per heavy atom. The molecule has 1 aromatic carbocycles. The second kappa shape index (κ2) is 5.57. The highest BCUT2D eigenvalue weighted by Gasteiger charge is 2.23. The molecule has 0 saturated carbocycles. The Balaban J connectivity index is 2.28. The zero-order valence-corrected chi connectivity index (χ0v) is 11.5. The first-order chi connectivity index (χ1) is 8.63. The molecule has 0 atom stereocenters. The average Bonchev–Trinajstić information content (AvgIpc) is 2.39. The van der Waals surface area contributed by atoms with Crippen LogP contribution in [0, 0.1) is 0 Å². The van der Waals surface area contributed by atoms with Crippen molar-refractivity contribution < 1.29 is 8.42 Å². The van der Waals surface area contributed by atoms with Crippen LogP contribution in [-0.2, 0) is 10.0 Å². The first-order valence-corrected chi connectivity index (χ1v) is 7.90. The summed E-state index contributed by atoms with van der Waals surface area (Å²) in [5.74, 6) is 0. The van der Waals surface area contributed by atoms with E-state index < -0.39 is 10.0 Å². The number of hydrogen-bond acceptors (Lipinski definition) is 2. The molecule has 0 radical (unpaired) electrons. The lowest BCUT2D eigenvalue weighted by molar-refractivity contribution is 0.595. The summed E-state index contributed by atoms with van der Waals surface area (Å²) in [6, 6.07) is 9.07. The standard InChI is InChI=1S/C14H19NO2S/c1-2-12-8-6-7-11-14(12)18(16,17)15-13-9-4-3-5-10-13/h3-5,9-10,15H,2,6-8,11H2,1H3. The van der Waals surface area contributed by atoms with Gasteiger partial charge >= 0.3 is 0 Å². The maximum Gasteiger partial charge on any atom is 0.257 e. The van der Waals surface area contributed by atoms with Gasteiger partial charge < -0.3 is 0 Å². The quantitative estimate of drug-likeness (QED) is 0.903. The Morgan fingerprint density at radius 2 is 1.78 bits per heavy atom. The van der Waals surface area contributed by atoms with Crippen molar-refractivity contribution in [1.29, 1.82) is 0 Å². The van der Waals surface area contributed by atoms with E-state index in [0.717, 1.165) is 31.3 Å². The van der Waals surface area contributed by atoms with Crippen LogP contribution in [0.15, 0.2) is 40.8 Å². The molecule has 1 aromatic rings. The molecule has 0 bridgehead atoms. The number of para-hydroxylation sites is 1. The van der Waals surface area contributed by atoms with E-state index in [1.54, 1.807) is 12.1 Å². The second-order valence-corrected chi connectivity index (χ2v) is 6.26. The normalized spacial score (nSPS) is 16.7. The first-order valence-electron chi connectivity index (χ1n) is 6.42. The topological polar surface area (TPSA) is 46.2 Å². The van der Waals surface area contributed by atoms with Gasteiger partial charge in [-0.05, 0) is 44.2 Å². The molecule has 0 fully saturated rings. The molecule has 4 heteroatoms. The van der Waals surface area contributed by atoms with Gasteiger partial charge in [-0.1, -0.05) is 30.7 Å². The van der Waals surface area contributed by atoms with E-state index >= 15 is 0 Å². The van der Waals surface area contributed by atoms with Crippen molar-refractivity contribution in [2.75, 3.05) is 4.72 Å². The molecule has 0 saturated heterocycles. The first kappa shape index (κ1) is 13.1. The molecule has 98 valence electrons. The number of allylic oxidation sites excluding steroid dienone is 2. The van der Waals surface area contributed by atoms with E-state index in [4.69, 9.17) is 0 Å². The molecule has 0 unspecified atom stereocenters. The lowest BCUT2D eigenvalue weighted by Gasteiger charge is -2.20. The molecule has 3 nitrogen and oxygen atoms in total. The van der Waals surface area contributed by atoms with Crippen LogP contribution in [0.3, 0.4) is 0 Å². The zero-order valence-electron chi connectivity index (χ0n) is 10.6. The van der Waals surface area contributed by atoms with Gasteiger partial charge in [-0.3, -0.25) is 4.72 Å². The van der Waals surface area contributed by atoms with Gasteiger partial charge in [0.2, 0.25) is 0 Å². The van der Waals surface area contributed by atoms with Gasteiger partial charge in [-0.25, -0.2) is 8.42 Å². The molecule has 2 rings (SSSR count). The lowest BCUT2D eigenvalue weighted by Crippen LogP contribution is -2.18. The third-order valence-corrected chi connectivity index (χ3v) is 4.95. The summed E-state index contributed by atoms with van der Waals surface area (Å²) in [4.78, 5) is 0.611. The van der Waals surface area contributed by atoms with Crippen molar-refractivity contribution in [3.8, 4) is 0 Å². The summed E-state index contributed by atoms with van der Waals surface area (Å²) in [7, 11) is -3.37. The van der Waals surface area contributed by atoms with Crippen molar-refractivity contribution >= 4 is 15.7 Å². The molecular weight excluding hydrogens is 246 g/mol. The van der Waals surface area contributed by atoms with E-state index in [-0.39, 0.29) is 0 Å². The molecule has 1 aliphatic rings. The maximum atomic E-state index is 12.4. The van der Waals surface area contributed by atoms with E-state index in [0.29, 0.717) is 17.0 Å². The fourth-order valence-electron chi connectivity index (χ4n) is 2.36. The Labute approximate surface area is 109 Å². The molecule has 18 heavy (non-hydrogen) atoms. The van der Waals surface area contributed by atoms with Gasteiger partial charge in [-0.15, -0.1) is 0 Å². The average molecular weight is 265 g/mol. The molecule has 0 aromatic heterocycles. The van der Waals surface area contributed by atoms with Crippen LogP contribution in [0.4, 0.5) is 5.69 Å². The smallest absolute Gasteiger partial charge is 0.257 e. The number of hydrogen-bond donors (Lipinski definition) is 1. The van der Waals surface area contributed by atoms with E-state index in [1.165, 1.54) is 0 Å². The highest BCUT2D eigenvalue weighted by Crippen LogP contribution is 2.31. The summed E-state index contributed by atoms with van der Waals surface area (Å²) < 4.78 is 27.4. The van der Waals surface area contributed by atoms with Crippen LogP contribution < -0.4 is 4.72 Å². The van der Waals surface area contributed by atoms with Crippen LogP contribution in [-0.4, -0.2) is 8.42 Å². The summed E-state index contributed by atoms with van der Waals surface area (Å²) in [5, 5.41) is 0. The Kier molecular flexibility index (Phi) is 4.07. The highest BCUT2D eigenvalue weighted by atomic mass is 32.2. The minimum Gasteiger partial charge on any atom is -0.280 e. The Morgan fingerprint density at radius 3 is 2.44 bits per heavy atom. The van der Waals surface area contributed by atoms with E-state index in [1.807, 2.05) is 25.1 Å². The number of benzene rings is 1. The summed E-state index contributed by atoms with van der Waals surface area (Å²) in [5.41, 5.74) is 1.72. The van der Waals surface area contributed by atoms with E-state index in [2.05, 4.69) is 4.72 Å². The molecule has 1 aliphatic carbocycles. The molecule has 0 heterocycles. The van der Waals surface area contributed by atoms with Crippen molar-refractivity contribution in [3.05, 3.63) is 40.8 Å². The zero-order chi connectivity index (χ0) is 13.0. The second-order valence-electron chi connectivity index (χ2n) is 4.56. The highest BCUT2D eigenvalue weighted by molar-refractivity contribution is 7.96. The monoisotopic (exact) mass is 265 g/mol. The van der Waals surface area contributed by atoms with Gasteiger partial charge in [0.1, 0.15) is 0 Å². The van der Waals surface area contributed by atoms with Crippen LogP contribution in [0.1, 0.15) is 39.0 Å². The van der Waals surface area contributed by atoms with Crippen LogP contribution in [0.5, 0.6) is 0 Å². The van der Waals surface area contributed by atoms with Crippen LogP contribution in [0.25, 0.3) is 0 Å². The third kappa shape index (κ3) is 2.93. The lowest BCUT2D eigenvalue weighted by atomic mass is 9.98. The fourth-order valence-corrected chi connectivity index (χ4v) is 3.97. The summed E-state index contributed by atoms with van der Waals surface area (Å²) in [6.07, 6.45) is 4.49. The van der Waals surface area contributed by atoms with Crippen molar-refractivity contribution in [2.24, 2.45) is 0 Å². The summed E-state index contributed by atoms with van der Waals surface area (Å²) in [6.45, 7) is 2.03. The van der Waals surface area contributed by atoms with Crippen LogP contribution >= 0.6 is 0 Å². The van der Waals surface area contributed by atoms with E-state index in [9.17, 15) is 8.42 Å². The Bertz CT molecular complexity index is 532. The Hall–Kier alpha value is -1.29. The fraction of sp³-hybridized carbons (Fsp3) is 0.429. The number of rotatable bonds is 4. The van der Waals surface area contributed by atoms with Gasteiger partial charge in [0.05, 0.1) is 4.91 Å². The predicted octanol–water partition coefficient (Wildman–Crippen LogP) is 3.67. The minimum absolute atomic E-state index is 0.611. The number of sulfonamides is 1. The molecule has 1 N–H and O–H groups in total. The molecular formula is C14H19NO2S. The van der Waals surface area contributed by atoms with Crippen LogP contribution in [0.2, 0.25) is 0 Å². The maximum absolute atomic E-state index is 12.4. The van der Waals surface area contributed by atoms with Gasteiger partial charge in [0.15, 0.2) is 0 Å².